The van der Waals surface area contributed by atoms with E-state index in [0.29, 0.717) is 12.1 Å². The molecule has 0 aliphatic rings. The summed E-state index contributed by atoms with van der Waals surface area (Å²) in [6.45, 7) is 0. The van der Waals surface area contributed by atoms with Crippen LogP contribution in [0.3, 0.4) is 0 Å². The maximum Gasteiger partial charge on any atom is 0.305 e. The molecule has 100 valence electrons. The molecule has 2 N–H and O–H groups in total. The van der Waals surface area contributed by atoms with E-state index in [1.807, 2.05) is 12.1 Å². The zero-order valence-corrected chi connectivity index (χ0v) is 10.6. The van der Waals surface area contributed by atoms with E-state index in [1.165, 1.54) is 7.11 Å². The number of anilines is 1. The van der Waals surface area contributed by atoms with Crippen LogP contribution in [0, 0.1) is 0 Å². The average Bonchev–Trinajstić information content (AvgIpc) is 2.88. The lowest BCUT2D eigenvalue weighted by Gasteiger charge is -2.05. The second-order valence-electron chi connectivity index (χ2n) is 4.12. The Labute approximate surface area is 110 Å². The fourth-order valence-corrected chi connectivity index (χ4v) is 1.78. The van der Waals surface area contributed by atoms with Crippen LogP contribution in [0.2, 0.25) is 0 Å². The first-order valence-electron chi connectivity index (χ1n) is 5.99. The number of ether oxygens (including phenoxy) is 1. The van der Waals surface area contributed by atoms with Crippen molar-refractivity contribution < 1.29 is 14.3 Å². The Morgan fingerprint density at radius 2 is 2.21 bits per heavy atom. The lowest BCUT2D eigenvalue weighted by atomic mass is 10.2. The molecule has 0 aliphatic carbocycles. The summed E-state index contributed by atoms with van der Waals surface area (Å²) < 4.78 is 4.51. The van der Waals surface area contributed by atoms with Crippen molar-refractivity contribution >= 4 is 28.5 Å². The highest BCUT2D eigenvalue weighted by Crippen LogP contribution is 2.20. The first kappa shape index (κ1) is 13.1. The van der Waals surface area contributed by atoms with Crippen LogP contribution in [0.5, 0.6) is 0 Å². The molecule has 0 saturated heterocycles. The number of carbonyl (C=O) groups excluding carboxylic acids is 2. The normalized spacial score (nSPS) is 10.4. The minimum atomic E-state index is -0.302. The quantitative estimate of drug-likeness (QED) is 0.804. The van der Waals surface area contributed by atoms with Crippen LogP contribution in [-0.2, 0) is 14.3 Å². The largest absolute Gasteiger partial charge is 0.469 e. The highest BCUT2D eigenvalue weighted by Gasteiger charge is 2.08. The molecular formula is C13H15N3O3. The molecule has 6 heteroatoms. The Balaban J connectivity index is 1.92. The van der Waals surface area contributed by atoms with Crippen molar-refractivity contribution in [2.45, 2.75) is 19.3 Å². The molecule has 2 aromatic rings. The van der Waals surface area contributed by atoms with Gasteiger partial charge in [-0.25, -0.2) is 0 Å². The number of aromatic amines is 1. The van der Waals surface area contributed by atoms with Crippen LogP contribution in [-0.4, -0.2) is 29.2 Å². The Hall–Kier alpha value is -2.37. The van der Waals surface area contributed by atoms with Crippen LogP contribution in [0.25, 0.3) is 10.9 Å². The van der Waals surface area contributed by atoms with Gasteiger partial charge in [0.2, 0.25) is 5.91 Å². The third-order valence-electron chi connectivity index (χ3n) is 2.76. The van der Waals surface area contributed by atoms with Gasteiger partial charge in [-0.3, -0.25) is 14.7 Å². The maximum atomic E-state index is 11.8. The van der Waals surface area contributed by atoms with E-state index in [9.17, 15) is 9.59 Å². The number of benzene rings is 1. The van der Waals surface area contributed by atoms with Gasteiger partial charge in [0.1, 0.15) is 0 Å². The molecule has 6 nitrogen and oxygen atoms in total. The minimum absolute atomic E-state index is 0.133. The van der Waals surface area contributed by atoms with Crippen molar-refractivity contribution in [1.82, 2.24) is 10.2 Å². The summed E-state index contributed by atoms with van der Waals surface area (Å²) in [5.74, 6) is -0.436. The summed E-state index contributed by atoms with van der Waals surface area (Å²) >= 11 is 0. The van der Waals surface area contributed by atoms with E-state index in [-0.39, 0.29) is 24.7 Å². The first-order valence-corrected chi connectivity index (χ1v) is 5.99. The lowest BCUT2D eigenvalue weighted by Crippen LogP contribution is -2.12. The van der Waals surface area contributed by atoms with E-state index < -0.39 is 0 Å². The topological polar surface area (TPSA) is 84.1 Å². The van der Waals surface area contributed by atoms with Crippen LogP contribution in [0.4, 0.5) is 5.69 Å². The highest BCUT2D eigenvalue weighted by molar-refractivity contribution is 6.00. The molecule has 1 aromatic carbocycles. The van der Waals surface area contributed by atoms with E-state index in [4.69, 9.17) is 0 Å². The fourth-order valence-electron chi connectivity index (χ4n) is 1.78. The zero-order chi connectivity index (χ0) is 13.7. The molecular weight excluding hydrogens is 246 g/mol. The molecule has 19 heavy (non-hydrogen) atoms. The lowest BCUT2D eigenvalue weighted by molar-refractivity contribution is -0.140. The Bertz CT molecular complexity index is 592. The van der Waals surface area contributed by atoms with Gasteiger partial charge in [0.15, 0.2) is 0 Å². The number of aromatic nitrogens is 2. The molecule has 1 amide bonds. The van der Waals surface area contributed by atoms with Gasteiger partial charge in [0.05, 0.1) is 24.5 Å². The van der Waals surface area contributed by atoms with Crippen LogP contribution in [0.1, 0.15) is 19.3 Å². The fraction of sp³-hybridized carbons (Fsp3) is 0.308. The van der Waals surface area contributed by atoms with E-state index in [0.717, 1.165) is 10.9 Å². The second-order valence-corrected chi connectivity index (χ2v) is 4.12. The number of para-hydroxylation sites is 1. The number of esters is 1. The third kappa shape index (κ3) is 3.31. The van der Waals surface area contributed by atoms with Gasteiger partial charge in [-0.2, -0.15) is 5.10 Å². The van der Waals surface area contributed by atoms with Gasteiger partial charge in [-0.05, 0) is 12.5 Å². The molecule has 0 radical (unpaired) electrons. The second kappa shape index (κ2) is 5.99. The van der Waals surface area contributed by atoms with Gasteiger partial charge < -0.3 is 10.1 Å². The molecule has 0 aliphatic heterocycles. The van der Waals surface area contributed by atoms with Crippen molar-refractivity contribution in [2.24, 2.45) is 0 Å². The zero-order valence-electron chi connectivity index (χ0n) is 10.6. The van der Waals surface area contributed by atoms with Crippen molar-refractivity contribution in [3.05, 3.63) is 24.4 Å². The van der Waals surface area contributed by atoms with Crippen LogP contribution in [0.15, 0.2) is 24.4 Å². The van der Waals surface area contributed by atoms with Crippen molar-refractivity contribution in [3.63, 3.8) is 0 Å². The molecule has 0 unspecified atom stereocenters. The van der Waals surface area contributed by atoms with Gasteiger partial charge in [0, 0.05) is 18.2 Å². The Kier molecular flexibility index (Phi) is 4.12. The van der Waals surface area contributed by atoms with E-state index in [2.05, 4.69) is 20.3 Å². The molecule has 0 atom stereocenters. The predicted octanol–water partition coefficient (Wildman–Crippen LogP) is 1.84. The smallest absolute Gasteiger partial charge is 0.305 e. The summed E-state index contributed by atoms with van der Waals surface area (Å²) in [6, 6.07) is 5.56. The molecule has 0 saturated carbocycles. The molecule has 0 fully saturated rings. The number of nitrogens with one attached hydrogen (secondary N) is 2. The number of carbonyl (C=O) groups is 2. The van der Waals surface area contributed by atoms with Crippen LogP contribution >= 0.6 is 0 Å². The standard InChI is InChI=1S/C13H15N3O3/c1-19-12(18)7-3-6-11(17)15-10-5-2-4-9-8-14-16-13(9)10/h2,4-5,8H,3,6-7H2,1H3,(H,14,16)(H,15,17). The maximum absolute atomic E-state index is 11.8. The SMILES string of the molecule is COC(=O)CCCC(=O)Nc1cccc2cn[nH]c12. The van der Waals surface area contributed by atoms with E-state index in [1.54, 1.807) is 12.3 Å². The summed E-state index contributed by atoms with van der Waals surface area (Å²) in [7, 11) is 1.33. The number of hydrogen-bond acceptors (Lipinski definition) is 4. The van der Waals surface area contributed by atoms with Crippen molar-refractivity contribution in [3.8, 4) is 0 Å². The first-order chi connectivity index (χ1) is 9.20. The van der Waals surface area contributed by atoms with Gasteiger partial charge in [-0.15, -0.1) is 0 Å². The van der Waals surface area contributed by atoms with E-state index >= 15 is 0 Å². The number of nitrogens with zero attached hydrogens (tertiary/aromatic N) is 1. The third-order valence-corrected chi connectivity index (χ3v) is 2.76. The highest BCUT2D eigenvalue weighted by atomic mass is 16.5. The van der Waals surface area contributed by atoms with Gasteiger partial charge >= 0.3 is 5.97 Å². The number of rotatable bonds is 5. The van der Waals surface area contributed by atoms with Gasteiger partial charge in [-0.1, -0.05) is 12.1 Å². The van der Waals surface area contributed by atoms with Crippen molar-refractivity contribution in [2.75, 3.05) is 12.4 Å². The summed E-state index contributed by atoms with van der Waals surface area (Å²) in [4.78, 5) is 22.7. The minimum Gasteiger partial charge on any atom is -0.469 e. The molecule has 1 aromatic heterocycles. The number of hydrogen-bond donors (Lipinski definition) is 2. The molecule has 0 spiro atoms. The summed E-state index contributed by atoms with van der Waals surface area (Å²) in [5, 5.41) is 10.5. The van der Waals surface area contributed by atoms with Gasteiger partial charge in [0.25, 0.3) is 0 Å². The molecule has 2 rings (SSSR count). The van der Waals surface area contributed by atoms with Crippen molar-refractivity contribution in [1.29, 1.82) is 0 Å². The number of amides is 1. The molecule has 0 bridgehead atoms. The Morgan fingerprint density at radius 1 is 1.37 bits per heavy atom. The number of methoxy groups -OCH3 is 1. The summed E-state index contributed by atoms with van der Waals surface area (Å²) in [5.41, 5.74) is 1.49. The number of fused-ring (bicyclic) bond motifs is 1. The predicted molar refractivity (Wildman–Crippen MR) is 70.6 cm³/mol. The Morgan fingerprint density at radius 3 is 3.00 bits per heavy atom. The summed E-state index contributed by atoms with van der Waals surface area (Å²) in [6.07, 6.45) is 2.69. The average molecular weight is 261 g/mol. The van der Waals surface area contributed by atoms with Crippen LogP contribution < -0.4 is 5.32 Å². The monoisotopic (exact) mass is 261 g/mol. The molecule has 1 heterocycles. The number of H-pyrrole nitrogens is 1.